The molecule has 1 aliphatic heterocycles. The first kappa shape index (κ1) is 15.2. The molecule has 0 unspecified atom stereocenters. The van der Waals surface area contributed by atoms with Crippen LogP contribution in [-0.4, -0.2) is 29.1 Å². The van der Waals surface area contributed by atoms with Crippen molar-refractivity contribution in [3.8, 4) is 0 Å². The monoisotopic (exact) mass is 296 g/mol. The first-order chi connectivity index (χ1) is 9.71. The lowest BCUT2D eigenvalue weighted by molar-refractivity contribution is -0.385. The Hall–Kier alpha value is -2.18. The molecule has 0 amide bonds. The number of hydrogen-bond donors (Lipinski definition) is 1. The number of nitrogens with zero attached hydrogens (tertiary/aromatic N) is 2. The van der Waals surface area contributed by atoms with E-state index in [1.807, 2.05) is 0 Å². The van der Waals surface area contributed by atoms with Crippen molar-refractivity contribution < 1.29 is 19.2 Å². The van der Waals surface area contributed by atoms with Crippen molar-refractivity contribution in [2.75, 3.05) is 18.0 Å². The molecule has 0 aliphatic carbocycles. The standard InChI is InChI=1S/C14H17FN2O4/c1-14(2)4-3-5-16(8-14)12-6-9(13(18)19)11(17(20)21)7-10(12)15/h6-7H,3-5,8H2,1-2H3,(H,18,19). The van der Waals surface area contributed by atoms with Gasteiger partial charge in [-0.2, -0.15) is 0 Å². The van der Waals surface area contributed by atoms with E-state index in [4.69, 9.17) is 5.11 Å². The summed E-state index contributed by atoms with van der Waals surface area (Å²) in [6, 6.07) is 1.76. The summed E-state index contributed by atoms with van der Waals surface area (Å²) in [4.78, 5) is 22.9. The number of anilines is 1. The van der Waals surface area contributed by atoms with Gasteiger partial charge in [-0.05, 0) is 24.3 Å². The van der Waals surface area contributed by atoms with Crippen LogP contribution in [0.5, 0.6) is 0 Å². The van der Waals surface area contributed by atoms with Crippen LogP contribution in [0.15, 0.2) is 12.1 Å². The van der Waals surface area contributed by atoms with Gasteiger partial charge in [-0.1, -0.05) is 13.8 Å². The predicted molar refractivity (Wildman–Crippen MR) is 75.2 cm³/mol. The Morgan fingerprint density at radius 3 is 2.67 bits per heavy atom. The SMILES string of the molecule is CC1(C)CCCN(c2cc(C(=O)O)c([N+](=O)[O-])cc2F)C1. The molecule has 0 radical (unpaired) electrons. The number of halogens is 1. The summed E-state index contributed by atoms with van der Waals surface area (Å²) in [6.45, 7) is 5.30. The number of carboxylic acid groups (broad SMARTS) is 1. The lowest BCUT2D eigenvalue weighted by Gasteiger charge is -2.39. The number of piperidine rings is 1. The van der Waals surface area contributed by atoms with E-state index >= 15 is 0 Å². The van der Waals surface area contributed by atoms with Gasteiger partial charge in [-0.15, -0.1) is 0 Å². The molecule has 1 fully saturated rings. The minimum atomic E-state index is -1.43. The average molecular weight is 296 g/mol. The Balaban J connectivity index is 2.47. The fourth-order valence-corrected chi connectivity index (χ4v) is 2.74. The van der Waals surface area contributed by atoms with Gasteiger partial charge in [0.1, 0.15) is 5.56 Å². The van der Waals surface area contributed by atoms with E-state index in [9.17, 15) is 19.3 Å². The maximum Gasteiger partial charge on any atom is 0.342 e. The molecule has 114 valence electrons. The second kappa shape index (κ2) is 5.31. The lowest BCUT2D eigenvalue weighted by Crippen LogP contribution is -2.40. The smallest absolute Gasteiger partial charge is 0.342 e. The number of carbonyl (C=O) groups is 1. The van der Waals surface area contributed by atoms with E-state index in [0.29, 0.717) is 19.2 Å². The van der Waals surface area contributed by atoms with E-state index in [-0.39, 0.29) is 11.1 Å². The molecule has 1 aromatic rings. The molecule has 1 aliphatic rings. The molecule has 0 bridgehead atoms. The highest BCUT2D eigenvalue weighted by Crippen LogP contribution is 2.35. The van der Waals surface area contributed by atoms with E-state index in [1.165, 1.54) is 0 Å². The first-order valence-corrected chi connectivity index (χ1v) is 6.67. The molecule has 7 heteroatoms. The second-order valence-electron chi connectivity index (χ2n) is 6.07. The third kappa shape index (κ3) is 3.12. The molecule has 1 aromatic carbocycles. The summed E-state index contributed by atoms with van der Waals surface area (Å²) in [6.07, 6.45) is 1.87. The zero-order valence-electron chi connectivity index (χ0n) is 11.9. The van der Waals surface area contributed by atoms with Gasteiger partial charge in [0.2, 0.25) is 0 Å². The number of nitro groups is 1. The van der Waals surface area contributed by atoms with E-state index in [2.05, 4.69) is 13.8 Å². The van der Waals surface area contributed by atoms with Crippen LogP contribution >= 0.6 is 0 Å². The number of nitro benzene ring substituents is 1. The molecule has 0 atom stereocenters. The fourth-order valence-electron chi connectivity index (χ4n) is 2.74. The van der Waals surface area contributed by atoms with Gasteiger partial charge >= 0.3 is 5.97 Å². The number of hydrogen-bond acceptors (Lipinski definition) is 4. The third-order valence-corrected chi connectivity index (χ3v) is 3.73. The van der Waals surface area contributed by atoms with Crippen LogP contribution in [-0.2, 0) is 0 Å². The molecule has 2 rings (SSSR count). The van der Waals surface area contributed by atoms with Crippen molar-refractivity contribution in [3.05, 3.63) is 33.6 Å². The summed E-state index contributed by atoms with van der Waals surface area (Å²) in [5.41, 5.74) is -1.10. The Bertz CT molecular complexity index is 601. The van der Waals surface area contributed by atoms with Crippen molar-refractivity contribution in [2.45, 2.75) is 26.7 Å². The molecule has 1 heterocycles. The van der Waals surface area contributed by atoms with Gasteiger partial charge in [0.15, 0.2) is 5.82 Å². The van der Waals surface area contributed by atoms with Crippen LogP contribution in [0.25, 0.3) is 0 Å². The summed E-state index contributed by atoms with van der Waals surface area (Å²) < 4.78 is 14.2. The fraction of sp³-hybridized carbons (Fsp3) is 0.500. The summed E-state index contributed by atoms with van der Waals surface area (Å²) in [5, 5.41) is 19.9. The van der Waals surface area contributed by atoms with Crippen LogP contribution in [0.3, 0.4) is 0 Å². The summed E-state index contributed by atoms with van der Waals surface area (Å²) in [7, 11) is 0. The van der Waals surface area contributed by atoms with Gasteiger partial charge in [0.25, 0.3) is 5.69 Å². The molecule has 0 aromatic heterocycles. The van der Waals surface area contributed by atoms with Gasteiger partial charge in [-0.3, -0.25) is 10.1 Å². The van der Waals surface area contributed by atoms with Crippen LogP contribution in [0, 0.1) is 21.3 Å². The highest BCUT2D eigenvalue weighted by atomic mass is 19.1. The second-order valence-corrected chi connectivity index (χ2v) is 6.07. The van der Waals surface area contributed by atoms with Crippen LogP contribution in [0.4, 0.5) is 15.8 Å². The minimum Gasteiger partial charge on any atom is -0.477 e. The Kier molecular flexibility index (Phi) is 3.85. The highest BCUT2D eigenvalue weighted by Gasteiger charge is 2.30. The lowest BCUT2D eigenvalue weighted by atomic mass is 9.84. The number of aromatic carboxylic acids is 1. The molecule has 1 saturated heterocycles. The summed E-state index contributed by atoms with van der Waals surface area (Å²) in [5.74, 6) is -2.19. The van der Waals surface area contributed by atoms with Crippen molar-refractivity contribution >= 4 is 17.3 Å². The van der Waals surface area contributed by atoms with Gasteiger partial charge in [0.05, 0.1) is 16.7 Å². The maximum atomic E-state index is 14.2. The first-order valence-electron chi connectivity index (χ1n) is 6.67. The third-order valence-electron chi connectivity index (χ3n) is 3.73. The van der Waals surface area contributed by atoms with Gasteiger partial charge < -0.3 is 10.0 Å². The normalized spacial score (nSPS) is 17.6. The molecule has 6 nitrogen and oxygen atoms in total. The molecule has 1 N–H and O–H groups in total. The number of rotatable bonds is 3. The topological polar surface area (TPSA) is 83.7 Å². The van der Waals surface area contributed by atoms with Crippen LogP contribution < -0.4 is 4.90 Å². The molecule has 0 saturated carbocycles. The van der Waals surface area contributed by atoms with Crippen molar-refractivity contribution in [1.82, 2.24) is 0 Å². The van der Waals surface area contributed by atoms with E-state index in [0.717, 1.165) is 18.9 Å². The highest BCUT2D eigenvalue weighted by molar-refractivity contribution is 5.93. The predicted octanol–water partition coefficient (Wildman–Crippen LogP) is 3.06. The van der Waals surface area contributed by atoms with E-state index in [1.54, 1.807) is 4.90 Å². The zero-order chi connectivity index (χ0) is 15.8. The maximum absolute atomic E-state index is 14.2. The molecule has 21 heavy (non-hydrogen) atoms. The average Bonchev–Trinajstić information content (AvgIpc) is 2.36. The zero-order valence-corrected chi connectivity index (χ0v) is 11.9. The quantitative estimate of drug-likeness (QED) is 0.684. The Morgan fingerprint density at radius 2 is 2.14 bits per heavy atom. The minimum absolute atomic E-state index is 0.00412. The van der Waals surface area contributed by atoms with Crippen LogP contribution in [0.2, 0.25) is 0 Å². The van der Waals surface area contributed by atoms with Crippen LogP contribution in [0.1, 0.15) is 37.0 Å². The number of benzene rings is 1. The van der Waals surface area contributed by atoms with Crippen molar-refractivity contribution in [2.24, 2.45) is 5.41 Å². The molecular formula is C14H17FN2O4. The molecule has 0 spiro atoms. The largest absolute Gasteiger partial charge is 0.477 e. The number of carboxylic acids is 1. The Labute approximate surface area is 121 Å². The van der Waals surface area contributed by atoms with E-state index < -0.39 is 28.0 Å². The Morgan fingerprint density at radius 1 is 1.48 bits per heavy atom. The van der Waals surface area contributed by atoms with Crippen molar-refractivity contribution in [1.29, 1.82) is 0 Å². The van der Waals surface area contributed by atoms with Crippen molar-refractivity contribution in [3.63, 3.8) is 0 Å². The van der Waals surface area contributed by atoms with Gasteiger partial charge in [-0.25, -0.2) is 9.18 Å². The molecular weight excluding hydrogens is 279 g/mol. The summed E-state index contributed by atoms with van der Waals surface area (Å²) >= 11 is 0. The van der Waals surface area contributed by atoms with Gasteiger partial charge in [0, 0.05) is 13.1 Å².